The van der Waals surface area contributed by atoms with Crippen molar-refractivity contribution in [3.63, 3.8) is 0 Å². The van der Waals surface area contributed by atoms with E-state index in [1.54, 1.807) is 41.3 Å². The van der Waals surface area contributed by atoms with Gasteiger partial charge in [0, 0.05) is 26.1 Å². The zero-order chi connectivity index (χ0) is 21.2. The lowest BCUT2D eigenvalue weighted by molar-refractivity contribution is -0.123. The van der Waals surface area contributed by atoms with Crippen LogP contribution in [0.1, 0.15) is 34.7 Å². The standard InChI is InChI=1S/C20H25N3O5S/c1-14-3-6-17(7-4-14)29(26,27)22(2)13-16-5-8-18(28-16)20(25)23-11-9-15(10-12-23)19(21)24/h3-8,15H,9-13H2,1-2H3,(H2,21,24). The Morgan fingerprint density at radius 3 is 2.34 bits per heavy atom. The summed E-state index contributed by atoms with van der Waals surface area (Å²) < 4.78 is 32.2. The Bertz CT molecular complexity index is 989. The highest BCUT2D eigenvalue weighted by molar-refractivity contribution is 7.89. The normalized spacial score (nSPS) is 15.6. The third-order valence-electron chi connectivity index (χ3n) is 5.16. The molecule has 1 aromatic heterocycles. The summed E-state index contributed by atoms with van der Waals surface area (Å²) in [7, 11) is -2.20. The topological polar surface area (TPSA) is 114 Å². The van der Waals surface area contributed by atoms with Crippen molar-refractivity contribution in [1.29, 1.82) is 0 Å². The Hall–Kier alpha value is -2.65. The Labute approximate surface area is 170 Å². The number of primary amides is 1. The zero-order valence-corrected chi connectivity index (χ0v) is 17.3. The van der Waals surface area contributed by atoms with E-state index in [1.807, 2.05) is 6.92 Å². The number of amides is 2. The minimum Gasteiger partial charge on any atom is -0.455 e. The van der Waals surface area contributed by atoms with Crippen molar-refractivity contribution in [3.8, 4) is 0 Å². The summed E-state index contributed by atoms with van der Waals surface area (Å²) in [6, 6.07) is 9.76. The number of nitrogens with two attached hydrogens (primary N) is 1. The van der Waals surface area contributed by atoms with Gasteiger partial charge in [-0.25, -0.2) is 8.42 Å². The van der Waals surface area contributed by atoms with Gasteiger partial charge in [0.05, 0.1) is 11.4 Å². The van der Waals surface area contributed by atoms with Gasteiger partial charge < -0.3 is 15.1 Å². The smallest absolute Gasteiger partial charge is 0.289 e. The summed E-state index contributed by atoms with van der Waals surface area (Å²) in [5, 5.41) is 0. The van der Waals surface area contributed by atoms with E-state index < -0.39 is 10.0 Å². The highest BCUT2D eigenvalue weighted by Crippen LogP contribution is 2.21. The number of rotatable bonds is 6. The molecule has 1 saturated heterocycles. The van der Waals surface area contributed by atoms with Crippen LogP contribution in [0.5, 0.6) is 0 Å². The Kier molecular flexibility index (Phi) is 6.09. The molecule has 9 heteroatoms. The molecular weight excluding hydrogens is 394 g/mol. The van der Waals surface area contributed by atoms with E-state index in [0.717, 1.165) is 5.56 Å². The highest BCUT2D eigenvalue weighted by Gasteiger charge is 2.28. The van der Waals surface area contributed by atoms with Crippen LogP contribution < -0.4 is 5.73 Å². The first-order valence-electron chi connectivity index (χ1n) is 9.39. The molecule has 0 unspecified atom stereocenters. The number of aryl methyl sites for hydroxylation is 1. The molecule has 0 aliphatic carbocycles. The molecule has 156 valence electrons. The van der Waals surface area contributed by atoms with Crippen molar-refractivity contribution in [2.75, 3.05) is 20.1 Å². The van der Waals surface area contributed by atoms with Gasteiger partial charge in [-0.1, -0.05) is 17.7 Å². The maximum atomic E-state index is 12.7. The fourth-order valence-corrected chi connectivity index (χ4v) is 4.43. The van der Waals surface area contributed by atoms with Crippen molar-refractivity contribution >= 4 is 21.8 Å². The minimum absolute atomic E-state index is 0.00718. The van der Waals surface area contributed by atoms with Crippen LogP contribution in [0.25, 0.3) is 0 Å². The number of carbonyl (C=O) groups is 2. The molecule has 2 heterocycles. The molecule has 0 spiro atoms. The third kappa shape index (κ3) is 4.68. The van der Waals surface area contributed by atoms with Gasteiger partial charge in [-0.2, -0.15) is 4.31 Å². The van der Waals surface area contributed by atoms with Crippen LogP contribution in [0.4, 0.5) is 0 Å². The Morgan fingerprint density at radius 2 is 1.76 bits per heavy atom. The van der Waals surface area contributed by atoms with Gasteiger partial charge in [0.15, 0.2) is 5.76 Å². The van der Waals surface area contributed by atoms with Crippen molar-refractivity contribution in [2.45, 2.75) is 31.2 Å². The van der Waals surface area contributed by atoms with E-state index in [4.69, 9.17) is 10.2 Å². The highest BCUT2D eigenvalue weighted by atomic mass is 32.2. The largest absolute Gasteiger partial charge is 0.455 e. The summed E-state index contributed by atoms with van der Waals surface area (Å²) in [6.45, 7) is 2.76. The molecule has 2 aromatic rings. The summed E-state index contributed by atoms with van der Waals surface area (Å²) >= 11 is 0. The first kappa shape index (κ1) is 21.1. The molecule has 0 radical (unpaired) electrons. The van der Waals surface area contributed by atoms with E-state index >= 15 is 0 Å². The average molecular weight is 420 g/mol. The summed E-state index contributed by atoms with van der Waals surface area (Å²) in [5.74, 6) is -0.289. The number of sulfonamides is 1. The number of benzene rings is 1. The quantitative estimate of drug-likeness (QED) is 0.766. The second-order valence-electron chi connectivity index (χ2n) is 7.31. The van der Waals surface area contributed by atoms with Crippen molar-refractivity contribution < 1.29 is 22.4 Å². The molecule has 1 fully saturated rings. The third-order valence-corrected chi connectivity index (χ3v) is 6.98. The molecule has 1 aliphatic heterocycles. The number of hydrogen-bond donors (Lipinski definition) is 1. The Morgan fingerprint density at radius 1 is 1.14 bits per heavy atom. The molecule has 0 bridgehead atoms. The molecule has 2 amide bonds. The molecular formula is C20H25N3O5S. The fraction of sp³-hybridized carbons (Fsp3) is 0.400. The van der Waals surface area contributed by atoms with Crippen LogP contribution in [-0.4, -0.2) is 49.6 Å². The van der Waals surface area contributed by atoms with Crippen LogP contribution in [0.15, 0.2) is 45.7 Å². The van der Waals surface area contributed by atoms with Gasteiger partial charge >= 0.3 is 0 Å². The van der Waals surface area contributed by atoms with Gasteiger partial charge in [0.2, 0.25) is 15.9 Å². The SMILES string of the molecule is Cc1ccc(S(=O)(=O)N(C)Cc2ccc(C(=O)N3CCC(C(N)=O)CC3)o2)cc1. The van der Waals surface area contributed by atoms with E-state index in [0.29, 0.717) is 31.7 Å². The zero-order valence-electron chi connectivity index (χ0n) is 16.5. The number of furan rings is 1. The Balaban J connectivity index is 1.64. The van der Waals surface area contributed by atoms with Gasteiger partial charge in [-0.3, -0.25) is 9.59 Å². The summed E-state index contributed by atoms with van der Waals surface area (Å²) in [4.78, 5) is 25.7. The molecule has 2 N–H and O–H groups in total. The van der Waals surface area contributed by atoms with E-state index in [-0.39, 0.29) is 34.9 Å². The molecule has 1 aliphatic rings. The van der Waals surface area contributed by atoms with Crippen molar-refractivity contribution in [1.82, 2.24) is 9.21 Å². The average Bonchev–Trinajstić information content (AvgIpc) is 3.16. The molecule has 0 atom stereocenters. The van der Waals surface area contributed by atoms with E-state index in [2.05, 4.69) is 0 Å². The van der Waals surface area contributed by atoms with Crippen LogP contribution in [0.3, 0.4) is 0 Å². The summed E-state index contributed by atoms with van der Waals surface area (Å²) in [6.07, 6.45) is 1.07. The predicted molar refractivity (Wildman–Crippen MR) is 106 cm³/mol. The molecule has 1 aromatic carbocycles. The van der Waals surface area contributed by atoms with Gasteiger partial charge in [-0.15, -0.1) is 0 Å². The first-order valence-corrected chi connectivity index (χ1v) is 10.8. The number of likely N-dealkylation sites (tertiary alicyclic amines) is 1. The van der Waals surface area contributed by atoms with Crippen LogP contribution in [0.2, 0.25) is 0 Å². The maximum absolute atomic E-state index is 12.7. The van der Waals surface area contributed by atoms with Gasteiger partial charge in [-0.05, 0) is 44.0 Å². The second-order valence-corrected chi connectivity index (χ2v) is 9.35. The molecule has 29 heavy (non-hydrogen) atoms. The van der Waals surface area contributed by atoms with Crippen LogP contribution >= 0.6 is 0 Å². The lowest BCUT2D eigenvalue weighted by Gasteiger charge is -2.29. The molecule has 8 nitrogen and oxygen atoms in total. The summed E-state index contributed by atoms with van der Waals surface area (Å²) in [5.41, 5.74) is 6.29. The molecule has 3 rings (SSSR count). The monoisotopic (exact) mass is 419 g/mol. The lowest BCUT2D eigenvalue weighted by Crippen LogP contribution is -2.41. The van der Waals surface area contributed by atoms with Crippen LogP contribution in [0, 0.1) is 12.8 Å². The number of piperidine rings is 1. The number of hydrogen-bond acceptors (Lipinski definition) is 5. The molecule has 0 saturated carbocycles. The maximum Gasteiger partial charge on any atom is 0.289 e. The fourth-order valence-electron chi connectivity index (χ4n) is 3.30. The van der Waals surface area contributed by atoms with Gasteiger partial charge in [0.25, 0.3) is 5.91 Å². The number of nitrogens with zero attached hydrogens (tertiary/aromatic N) is 2. The van der Waals surface area contributed by atoms with E-state index in [9.17, 15) is 18.0 Å². The van der Waals surface area contributed by atoms with E-state index in [1.165, 1.54) is 11.4 Å². The van der Waals surface area contributed by atoms with Crippen LogP contribution in [-0.2, 0) is 21.4 Å². The first-order chi connectivity index (χ1) is 13.7. The van der Waals surface area contributed by atoms with Gasteiger partial charge in [0.1, 0.15) is 5.76 Å². The van der Waals surface area contributed by atoms with Crippen molar-refractivity contribution in [3.05, 3.63) is 53.5 Å². The van der Waals surface area contributed by atoms with Crippen molar-refractivity contribution in [2.24, 2.45) is 11.7 Å². The lowest BCUT2D eigenvalue weighted by atomic mass is 9.96. The minimum atomic E-state index is -3.67. The second kappa shape index (κ2) is 8.38. The number of carbonyl (C=O) groups excluding carboxylic acids is 2. The predicted octanol–water partition coefficient (Wildman–Crippen LogP) is 1.75.